The molecule has 10 N–H and O–H groups in total. The van der Waals surface area contributed by atoms with Crippen molar-refractivity contribution >= 4 is 305 Å². The molecule has 0 aliphatic carbocycles. The van der Waals surface area contributed by atoms with Gasteiger partial charge in [-0.1, -0.05) is 218 Å². The van der Waals surface area contributed by atoms with Gasteiger partial charge < -0.3 is 52.1 Å². The number of amides is 5. The van der Waals surface area contributed by atoms with Crippen LogP contribution in [0.5, 0.6) is 0 Å². The van der Waals surface area contributed by atoms with Gasteiger partial charge in [0.15, 0.2) is 0 Å². The van der Waals surface area contributed by atoms with Crippen LogP contribution in [0, 0.1) is 20.8 Å². The van der Waals surface area contributed by atoms with Crippen LogP contribution >= 0.6 is 207 Å². The molecule has 0 aliphatic heterocycles. The highest BCUT2D eigenvalue weighted by Crippen LogP contribution is 2.47. The first kappa shape index (κ1) is 103. The van der Waals surface area contributed by atoms with E-state index in [-0.39, 0.29) is 79.5 Å². The maximum absolute atomic E-state index is 12.7. The number of carboxylic acid groups (broad SMARTS) is 5. The Bertz CT molecular complexity index is 7360. The number of thiophene rings is 6. The average molecular weight is 2160 g/mol. The fourth-order valence-electron chi connectivity index (χ4n) is 12.9. The zero-order valence-corrected chi connectivity index (χ0v) is 83.5. The van der Waals surface area contributed by atoms with Crippen LogP contribution in [0.4, 0.5) is 28.4 Å². The van der Waals surface area contributed by atoms with Crippen LogP contribution in [0.3, 0.4) is 0 Å². The lowest BCUT2D eigenvalue weighted by atomic mass is 10.1. The largest absolute Gasteiger partial charge is 0.478 e. The molecular formula is C97H63Cl12N5O15S6. The summed E-state index contributed by atoms with van der Waals surface area (Å²) in [6, 6.07) is 55.6. The van der Waals surface area contributed by atoms with Crippen LogP contribution < -0.4 is 26.6 Å². The maximum Gasteiger partial charge on any atom is 0.339 e. The SMILES string of the molecule is CCc1ccc(C(=O)Nc2csc(-c3ccc(Cl)cc3Cl)c2C(=O)O)cc1.Cc1ccc(C(=O)Nc2csc(-c3ccc(Cl)cc3Cl)c2C(=O)O)c(Cl)c1.Cc1ccc(C(=O)Nc2csc(-c3ccc(Cl)cc3Cl)c2C(=O)O)cc1.Cc1ccc(C(=O)Nc2csc(-c3ccc(Cl)cc3Cl)c2C(=O)O)cc1Cl.O=C(Nc1csc(-c2ccc(Cl)cc2Cl)c1C(=O)O)c1ccc2sccc2c1. The highest BCUT2D eigenvalue weighted by Gasteiger charge is 2.30. The van der Waals surface area contributed by atoms with Crippen LogP contribution in [0.25, 0.3) is 62.3 Å². The zero-order valence-electron chi connectivity index (χ0n) is 69.5. The van der Waals surface area contributed by atoms with E-state index in [1.165, 1.54) is 74.9 Å². The lowest BCUT2D eigenvalue weighted by Gasteiger charge is -2.09. The van der Waals surface area contributed by atoms with Crippen LogP contribution in [-0.2, 0) is 6.42 Å². The van der Waals surface area contributed by atoms with Gasteiger partial charge in [0, 0.05) is 112 Å². The molecule has 6 heterocycles. The molecule has 0 spiro atoms. The molecule has 0 radical (unpaired) electrons. The van der Waals surface area contributed by atoms with Gasteiger partial charge in [-0.2, -0.15) is 0 Å². The summed E-state index contributed by atoms with van der Waals surface area (Å²) < 4.78 is 1.08. The zero-order chi connectivity index (χ0) is 97.7. The number of aromatic carboxylic acids is 5. The number of hydrogen-bond acceptors (Lipinski definition) is 16. The Kier molecular flexibility index (Phi) is 35.1. The van der Waals surface area contributed by atoms with Crippen molar-refractivity contribution in [2.45, 2.75) is 34.1 Å². The highest BCUT2D eigenvalue weighted by atomic mass is 35.5. The molecule has 38 heteroatoms. The van der Waals surface area contributed by atoms with E-state index in [0.29, 0.717) is 135 Å². The number of fused-ring (bicyclic) bond motifs is 1. The smallest absolute Gasteiger partial charge is 0.339 e. The summed E-state index contributed by atoms with van der Waals surface area (Å²) in [6.45, 7) is 7.64. The molecule has 0 atom stereocenters. The number of hydrogen-bond donors (Lipinski definition) is 10. The van der Waals surface area contributed by atoms with E-state index in [9.17, 15) is 73.5 Å². The van der Waals surface area contributed by atoms with Crippen LogP contribution in [0.1, 0.15) is 133 Å². The Morgan fingerprint density at radius 3 is 0.867 bits per heavy atom. The molecule has 0 saturated carbocycles. The van der Waals surface area contributed by atoms with Crippen molar-refractivity contribution in [3.63, 3.8) is 0 Å². The number of rotatable bonds is 21. The number of carboxylic acids is 5. The van der Waals surface area contributed by atoms with Gasteiger partial charge in [0.1, 0.15) is 27.8 Å². The first-order valence-corrected chi connectivity index (χ1v) is 48.8. The molecule has 0 saturated heterocycles. The third-order valence-electron chi connectivity index (χ3n) is 19.6. The summed E-state index contributed by atoms with van der Waals surface area (Å²) in [4.78, 5) is 124. The van der Waals surface area contributed by atoms with Gasteiger partial charge in [-0.3, -0.25) is 24.0 Å². The van der Waals surface area contributed by atoms with E-state index in [1.807, 2.05) is 69.5 Å². The van der Waals surface area contributed by atoms with E-state index in [1.54, 1.807) is 184 Å². The lowest BCUT2D eigenvalue weighted by Crippen LogP contribution is -2.14. The van der Waals surface area contributed by atoms with Crippen LogP contribution in [-0.4, -0.2) is 84.9 Å². The molecule has 5 amide bonds. The minimum atomic E-state index is -1.18. The number of benzene rings is 10. The molecular weight excluding hydrogens is 2090 g/mol. The number of carbonyl (C=O) groups excluding carboxylic acids is 5. The summed E-state index contributed by atoms with van der Waals surface area (Å²) in [5, 5.41) is 77.3. The van der Waals surface area contributed by atoms with Crippen molar-refractivity contribution in [3.8, 4) is 52.2 Å². The minimum Gasteiger partial charge on any atom is -0.478 e. The number of nitrogens with one attached hydrogen (secondary N) is 5. The van der Waals surface area contributed by atoms with Gasteiger partial charge in [-0.15, -0.1) is 68.0 Å². The fourth-order valence-corrected chi connectivity index (χ4v) is 22.1. The predicted molar refractivity (Wildman–Crippen MR) is 555 cm³/mol. The number of halogens is 12. The first-order chi connectivity index (χ1) is 64.2. The van der Waals surface area contributed by atoms with Crippen molar-refractivity contribution in [1.29, 1.82) is 0 Å². The maximum atomic E-state index is 12.7. The Morgan fingerprint density at radius 2 is 0.563 bits per heavy atom. The molecule has 686 valence electrons. The molecule has 20 nitrogen and oxygen atoms in total. The second-order valence-corrected chi connectivity index (χ2v) is 39.1. The molecule has 0 bridgehead atoms. The van der Waals surface area contributed by atoms with Crippen molar-refractivity contribution in [2.24, 2.45) is 0 Å². The van der Waals surface area contributed by atoms with E-state index < -0.39 is 41.7 Å². The van der Waals surface area contributed by atoms with Gasteiger partial charge in [-0.05, 0) is 188 Å². The fraction of sp³-hybridized carbons (Fsp3) is 0.0515. The standard InChI is InChI=1S/C20H11Cl2NO3S2.C20H15Cl2NO3S.2C19H12Cl3NO3S.C19H13Cl2NO3S/c21-12-2-3-13(14(22)8-12)18-17(20(25)26)15(9-28-18)23-19(24)11-1-4-16-10(7-11)5-6-27-16;1-2-11-3-5-12(6-4-11)19(24)23-16-10-27-18(17(16)20(25)26)14-8-7-13(21)9-15(14)22;1-9-2-4-12(13(21)6-9)18(24)23-15-8-27-17(16(15)19(25)26)11-5-3-10(20)7-14(11)22;1-9-2-3-10(6-13(9)21)18(24)23-15-8-27-17(16(15)19(25)26)12-5-4-11(20)7-14(12)22;1-10-2-4-11(5-3-10)18(23)22-15-9-26-17(16(15)19(24)25)13-7-6-12(20)8-14(13)21/h1-9H,(H,23,24)(H,25,26);3-10H,2H2,1H3,(H,23,24)(H,25,26);2*2-8H,1H3,(H,23,24)(H,25,26);2-9H,1H3,(H,22,23)(H,24,25). The number of aryl methyl sites for hydroxylation is 4. The first-order valence-electron chi connectivity index (χ1n) is 39.0. The van der Waals surface area contributed by atoms with Crippen LogP contribution in [0.2, 0.25) is 60.3 Å². The summed E-state index contributed by atoms with van der Waals surface area (Å²) in [5.74, 6) is -7.85. The molecule has 0 fully saturated rings. The Hall–Kier alpha value is -11.2. The molecule has 0 aliphatic rings. The van der Waals surface area contributed by atoms with Gasteiger partial charge >= 0.3 is 29.8 Å². The summed E-state index contributed by atoms with van der Waals surface area (Å²) in [7, 11) is 0. The van der Waals surface area contributed by atoms with Gasteiger partial charge in [-0.25, -0.2) is 24.0 Å². The normalized spacial score (nSPS) is 10.7. The Balaban J connectivity index is 0.000000152. The molecule has 16 aromatic rings. The summed E-state index contributed by atoms with van der Waals surface area (Å²) in [5.41, 5.74) is 9.56. The molecule has 6 aromatic heterocycles. The lowest BCUT2D eigenvalue weighted by molar-refractivity contribution is 0.0688. The van der Waals surface area contributed by atoms with Crippen molar-refractivity contribution < 1.29 is 73.5 Å². The van der Waals surface area contributed by atoms with E-state index in [4.69, 9.17) is 139 Å². The van der Waals surface area contributed by atoms with Crippen molar-refractivity contribution in [3.05, 3.63) is 371 Å². The summed E-state index contributed by atoms with van der Waals surface area (Å²) >= 11 is 80.4. The van der Waals surface area contributed by atoms with E-state index >= 15 is 0 Å². The number of carbonyl (C=O) groups is 10. The quantitative estimate of drug-likeness (QED) is 0.0320. The Labute approximate surface area is 853 Å². The predicted octanol–water partition coefficient (Wildman–Crippen LogP) is 32.4. The highest BCUT2D eigenvalue weighted by molar-refractivity contribution is 7.17. The average Bonchev–Trinajstić information content (AvgIpc) is 1.67. The third-order valence-corrected chi connectivity index (χ3v) is 29.0. The second-order valence-electron chi connectivity index (χ2n) is 28.7. The Morgan fingerprint density at radius 1 is 0.274 bits per heavy atom. The van der Waals surface area contributed by atoms with E-state index in [2.05, 4.69) is 26.6 Å². The molecule has 16 rings (SSSR count). The second kappa shape index (κ2) is 46.1. The van der Waals surface area contributed by atoms with Gasteiger partial charge in [0.25, 0.3) is 29.5 Å². The van der Waals surface area contributed by atoms with Crippen molar-refractivity contribution in [2.75, 3.05) is 26.6 Å². The van der Waals surface area contributed by atoms with Crippen LogP contribution in [0.15, 0.2) is 232 Å². The van der Waals surface area contributed by atoms with E-state index in [0.717, 1.165) is 38.8 Å². The van der Waals surface area contributed by atoms with Gasteiger partial charge in [0.05, 0.1) is 88.5 Å². The third kappa shape index (κ3) is 25.4. The monoisotopic (exact) mass is 2150 g/mol. The minimum absolute atomic E-state index is 0.000292. The molecule has 0 unspecified atom stereocenters. The summed E-state index contributed by atoms with van der Waals surface area (Å²) in [6.07, 6.45) is 0.876. The molecule has 135 heavy (non-hydrogen) atoms. The number of anilines is 5. The topological polar surface area (TPSA) is 332 Å². The molecule has 10 aromatic carbocycles. The van der Waals surface area contributed by atoms with Crippen molar-refractivity contribution in [1.82, 2.24) is 0 Å². The van der Waals surface area contributed by atoms with Gasteiger partial charge in [0.2, 0.25) is 0 Å².